The van der Waals surface area contributed by atoms with Gasteiger partial charge in [0.15, 0.2) is 0 Å². The molecule has 4 aromatic rings. The molecule has 3 aromatic carbocycles. The molecule has 0 saturated heterocycles. The molecule has 3 N–H and O–H groups in total. The van der Waals surface area contributed by atoms with E-state index < -0.39 is 11.7 Å². The smallest absolute Gasteiger partial charge is 0.270 e. The van der Waals surface area contributed by atoms with E-state index in [-0.39, 0.29) is 11.6 Å². The van der Waals surface area contributed by atoms with E-state index in [2.05, 4.69) is 15.6 Å². The molecule has 0 radical (unpaired) electrons. The molecule has 30 heavy (non-hydrogen) atoms. The van der Waals surface area contributed by atoms with E-state index in [4.69, 9.17) is 0 Å². The van der Waals surface area contributed by atoms with E-state index in [0.717, 1.165) is 22.0 Å². The molecule has 0 fully saturated rings. The van der Waals surface area contributed by atoms with Gasteiger partial charge in [-0.15, -0.1) is 0 Å². The maximum atomic E-state index is 13.2. The van der Waals surface area contributed by atoms with Crippen LogP contribution >= 0.6 is 0 Å². The molecule has 0 spiro atoms. The predicted octanol–water partition coefficient (Wildman–Crippen LogP) is 4.80. The number of fused-ring (bicyclic) bond motifs is 1. The molecule has 0 aliphatic heterocycles. The summed E-state index contributed by atoms with van der Waals surface area (Å²) in [7, 11) is 0. The van der Waals surface area contributed by atoms with Crippen molar-refractivity contribution in [3.63, 3.8) is 0 Å². The molecule has 0 saturated carbocycles. The maximum Gasteiger partial charge on any atom is 0.270 e. The summed E-state index contributed by atoms with van der Waals surface area (Å²) < 4.78 is 13.2. The Morgan fingerprint density at radius 1 is 0.933 bits per heavy atom. The highest BCUT2D eigenvalue weighted by Crippen LogP contribution is 2.29. The van der Waals surface area contributed by atoms with Gasteiger partial charge in [0.05, 0.1) is 5.69 Å². The van der Waals surface area contributed by atoms with Crippen LogP contribution in [0.1, 0.15) is 32.0 Å². The summed E-state index contributed by atoms with van der Waals surface area (Å²) in [5.41, 5.74) is 3.66. The zero-order valence-electron chi connectivity index (χ0n) is 16.3. The fraction of sp³-hybridized carbons (Fsp3) is 0.0833. The summed E-state index contributed by atoms with van der Waals surface area (Å²) in [5, 5.41) is 6.43. The second kappa shape index (κ2) is 8.21. The van der Waals surface area contributed by atoms with Crippen LogP contribution in [0.25, 0.3) is 10.9 Å². The Hall–Kier alpha value is -3.93. The van der Waals surface area contributed by atoms with Crippen molar-refractivity contribution >= 4 is 28.4 Å². The van der Waals surface area contributed by atoms with Gasteiger partial charge in [0, 0.05) is 23.0 Å². The van der Waals surface area contributed by atoms with Crippen molar-refractivity contribution in [3.05, 3.63) is 101 Å². The van der Waals surface area contributed by atoms with Gasteiger partial charge in [-0.05, 0) is 48.9 Å². The van der Waals surface area contributed by atoms with Gasteiger partial charge >= 0.3 is 0 Å². The summed E-state index contributed by atoms with van der Waals surface area (Å²) in [4.78, 5) is 28.7. The molecular weight excluding hydrogens is 381 g/mol. The van der Waals surface area contributed by atoms with Crippen LogP contribution in [0.4, 0.5) is 10.1 Å². The lowest BCUT2D eigenvalue weighted by molar-refractivity contribution is 0.0947. The number of benzene rings is 3. The number of aromatic nitrogens is 1. The van der Waals surface area contributed by atoms with Gasteiger partial charge in [-0.3, -0.25) is 9.59 Å². The Kier molecular flexibility index (Phi) is 5.30. The zero-order chi connectivity index (χ0) is 21.1. The van der Waals surface area contributed by atoms with Gasteiger partial charge in [-0.2, -0.15) is 0 Å². The van der Waals surface area contributed by atoms with Crippen molar-refractivity contribution in [1.29, 1.82) is 0 Å². The Bertz CT molecular complexity index is 1210. The average Bonchev–Trinajstić information content (AvgIpc) is 3.11. The van der Waals surface area contributed by atoms with Crippen molar-refractivity contribution in [2.75, 3.05) is 5.32 Å². The average molecular weight is 401 g/mol. The van der Waals surface area contributed by atoms with Crippen molar-refractivity contribution < 1.29 is 14.0 Å². The van der Waals surface area contributed by atoms with Crippen LogP contribution in [0.3, 0.4) is 0 Å². The first-order valence-corrected chi connectivity index (χ1v) is 9.52. The number of nitrogens with one attached hydrogen (secondary N) is 3. The number of hydrogen-bond acceptors (Lipinski definition) is 2. The molecule has 0 bridgehead atoms. The second-order valence-electron chi connectivity index (χ2n) is 7.05. The van der Waals surface area contributed by atoms with Crippen molar-refractivity contribution in [2.45, 2.75) is 13.5 Å². The van der Waals surface area contributed by atoms with Crippen LogP contribution in [0, 0.1) is 12.7 Å². The molecule has 4 rings (SSSR count). The highest BCUT2D eigenvalue weighted by molar-refractivity contribution is 6.15. The Labute approximate surface area is 172 Å². The van der Waals surface area contributed by atoms with Crippen molar-refractivity contribution in [2.24, 2.45) is 0 Å². The number of carbonyl (C=O) groups excluding carboxylic acids is 2. The van der Waals surface area contributed by atoms with Gasteiger partial charge in [-0.1, -0.05) is 42.0 Å². The Morgan fingerprint density at radius 3 is 2.40 bits per heavy atom. The largest absolute Gasteiger partial charge is 0.349 e. The third-order valence-electron chi connectivity index (χ3n) is 4.82. The predicted molar refractivity (Wildman–Crippen MR) is 115 cm³/mol. The van der Waals surface area contributed by atoms with Gasteiger partial charge in [0.1, 0.15) is 11.5 Å². The number of carbonyl (C=O) groups is 2. The molecule has 0 atom stereocenters. The first-order valence-electron chi connectivity index (χ1n) is 9.52. The lowest BCUT2D eigenvalue weighted by Crippen LogP contribution is -2.25. The van der Waals surface area contributed by atoms with Crippen LogP contribution in [0.15, 0.2) is 72.8 Å². The van der Waals surface area contributed by atoms with Crippen LogP contribution in [0.2, 0.25) is 0 Å². The first-order chi connectivity index (χ1) is 14.5. The molecule has 0 aliphatic rings. The fourth-order valence-corrected chi connectivity index (χ4v) is 3.26. The quantitative estimate of drug-likeness (QED) is 0.449. The van der Waals surface area contributed by atoms with E-state index in [1.165, 1.54) is 24.3 Å². The van der Waals surface area contributed by atoms with Crippen molar-refractivity contribution in [3.8, 4) is 0 Å². The monoisotopic (exact) mass is 401 g/mol. The summed E-state index contributed by atoms with van der Waals surface area (Å²) in [5.74, 6) is -1.17. The lowest BCUT2D eigenvalue weighted by atomic mass is 10.1. The van der Waals surface area contributed by atoms with Gasteiger partial charge in [-0.25, -0.2) is 4.39 Å². The number of rotatable bonds is 5. The Morgan fingerprint density at radius 2 is 1.67 bits per heavy atom. The van der Waals surface area contributed by atoms with Crippen LogP contribution in [-0.2, 0) is 6.54 Å². The topological polar surface area (TPSA) is 74.0 Å². The number of amides is 2. The number of anilines is 1. The summed E-state index contributed by atoms with van der Waals surface area (Å²) in [6, 6.07) is 20.5. The van der Waals surface area contributed by atoms with Gasteiger partial charge in [0.25, 0.3) is 11.8 Å². The van der Waals surface area contributed by atoms with E-state index in [9.17, 15) is 14.0 Å². The van der Waals surface area contributed by atoms with Crippen LogP contribution < -0.4 is 10.6 Å². The molecule has 0 aliphatic carbocycles. The van der Waals surface area contributed by atoms with Crippen LogP contribution in [0.5, 0.6) is 0 Å². The third kappa shape index (κ3) is 4.07. The normalized spacial score (nSPS) is 10.7. The lowest BCUT2D eigenvalue weighted by Gasteiger charge is -2.09. The molecule has 6 heteroatoms. The number of halogens is 1. The highest BCUT2D eigenvalue weighted by atomic mass is 19.1. The van der Waals surface area contributed by atoms with Gasteiger partial charge < -0.3 is 15.6 Å². The van der Waals surface area contributed by atoms with E-state index in [0.29, 0.717) is 17.8 Å². The van der Waals surface area contributed by atoms with Crippen molar-refractivity contribution in [1.82, 2.24) is 10.3 Å². The maximum absolute atomic E-state index is 13.2. The fourth-order valence-electron chi connectivity index (χ4n) is 3.26. The Balaban J connectivity index is 1.66. The summed E-state index contributed by atoms with van der Waals surface area (Å²) in [6.45, 7) is 2.30. The molecule has 150 valence electrons. The summed E-state index contributed by atoms with van der Waals surface area (Å²) in [6.07, 6.45) is 0. The minimum Gasteiger partial charge on any atom is -0.349 e. The molecule has 1 aromatic heterocycles. The van der Waals surface area contributed by atoms with E-state index >= 15 is 0 Å². The van der Waals surface area contributed by atoms with Gasteiger partial charge in [0.2, 0.25) is 0 Å². The third-order valence-corrected chi connectivity index (χ3v) is 4.82. The zero-order valence-corrected chi connectivity index (χ0v) is 16.3. The second-order valence-corrected chi connectivity index (χ2v) is 7.05. The first kappa shape index (κ1) is 19.4. The summed E-state index contributed by atoms with van der Waals surface area (Å²) >= 11 is 0. The molecule has 2 amide bonds. The molecule has 0 unspecified atom stereocenters. The highest BCUT2D eigenvalue weighted by Gasteiger charge is 2.20. The SMILES string of the molecule is Cc1ccc2[nH]c(C(=O)NCc3ccccc3)c(NC(=O)c3ccc(F)cc3)c2c1. The van der Waals surface area contributed by atoms with Crippen LogP contribution in [-0.4, -0.2) is 16.8 Å². The van der Waals surface area contributed by atoms with E-state index in [1.807, 2.05) is 55.5 Å². The minimum absolute atomic E-state index is 0.266. The number of aryl methyl sites for hydroxylation is 1. The molecule has 5 nitrogen and oxygen atoms in total. The van der Waals surface area contributed by atoms with E-state index in [1.54, 1.807) is 0 Å². The molecular formula is C24H20FN3O2. The standard InChI is InChI=1S/C24H20FN3O2/c1-15-7-12-20-19(13-15)21(28-23(29)17-8-10-18(25)11-9-17)22(27-20)24(30)26-14-16-5-3-2-4-6-16/h2-13,27H,14H2,1H3,(H,26,30)(H,28,29). The number of H-pyrrole nitrogens is 1. The number of aromatic amines is 1. The molecule has 1 heterocycles. The number of hydrogen-bond donors (Lipinski definition) is 3. The minimum atomic E-state index is -0.422.